The van der Waals surface area contributed by atoms with Crippen molar-refractivity contribution in [3.05, 3.63) is 63.7 Å². The molecule has 3 rings (SSSR count). The van der Waals surface area contributed by atoms with E-state index in [-0.39, 0.29) is 10.6 Å². The molecule has 0 saturated carbocycles. The van der Waals surface area contributed by atoms with E-state index in [2.05, 4.69) is 4.74 Å². The van der Waals surface area contributed by atoms with Crippen molar-refractivity contribution in [2.24, 2.45) is 0 Å². The number of rotatable bonds is 6. The first-order valence-electron chi connectivity index (χ1n) is 9.61. The van der Waals surface area contributed by atoms with Crippen LogP contribution in [0.5, 0.6) is 5.75 Å². The summed E-state index contributed by atoms with van der Waals surface area (Å²) in [4.78, 5) is 0. The van der Waals surface area contributed by atoms with E-state index in [4.69, 9.17) is 21.1 Å². The molecule has 12 heteroatoms. The number of hydrogen-bond acceptors (Lipinski definition) is 9. The Balaban J connectivity index is 2.15. The third-order valence-electron chi connectivity index (χ3n) is 5.60. The van der Waals surface area contributed by atoms with Crippen molar-refractivity contribution < 1.29 is 53.6 Å². The molecule has 182 valence electrons. The van der Waals surface area contributed by atoms with Gasteiger partial charge < -0.3 is 44.8 Å². The largest absolute Gasteiger partial charge is 0.491 e. The van der Waals surface area contributed by atoms with Crippen molar-refractivity contribution in [1.82, 2.24) is 0 Å². The van der Waals surface area contributed by atoms with E-state index in [1.54, 1.807) is 0 Å². The highest BCUT2D eigenvalue weighted by Crippen LogP contribution is 2.42. The minimum Gasteiger partial charge on any atom is -0.491 e. The van der Waals surface area contributed by atoms with Crippen molar-refractivity contribution in [3.63, 3.8) is 0 Å². The molecule has 1 aliphatic rings. The minimum absolute atomic E-state index is 0.108. The molecule has 1 saturated heterocycles. The first-order valence-corrected chi connectivity index (χ1v) is 9.99. The molecule has 2 aromatic carbocycles. The summed E-state index contributed by atoms with van der Waals surface area (Å²) in [5.41, 5.74) is -1.21. The maximum atomic E-state index is 14.2. The monoisotopic (exact) mass is 492 g/mol. The number of methoxy groups -OCH3 is 2. The van der Waals surface area contributed by atoms with Gasteiger partial charge in [-0.25, -0.2) is 8.78 Å². The van der Waals surface area contributed by atoms with Gasteiger partial charge in [-0.3, -0.25) is 0 Å². The molecule has 33 heavy (non-hydrogen) atoms. The van der Waals surface area contributed by atoms with Crippen LogP contribution in [0.2, 0.25) is 5.02 Å². The highest BCUT2D eigenvalue weighted by Gasteiger charge is 2.55. The van der Waals surface area contributed by atoms with Crippen molar-refractivity contribution in [2.45, 2.75) is 36.0 Å². The molecule has 1 aliphatic heterocycles. The summed E-state index contributed by atoms with van der Waals surface area (Å²) < 4.78 is 43.8. The lowest BCUT2D eigenvalue weighted by Crippen LogP contribution is -2.64. The Kier molecular flexibility index (Phi) is 7.30. The summed E-state index contributed by atoms with van der Waals surface area (Å²) in [7, 11) is 2.15. The van der Waals surface area contributed by atoms with Crippen molar-refractivity contribution in [3.8, 4) is 5.75 Å². The summed E-state index contributed by atoms with van der Waals surface area (Å²) >= 11 is 6.13. The van der Waals surface area contributed by atoms with E-state index in [1.165, 1.54) is 12.1 Å². The molecule has 1 heterocycles. The van der Waals surface area contributed by atoms with E-state index < -0.39 is 71.1 Å². The Morgan fingerprint density at radius 2 is 1.67 bits per heavy atom. The lowest BCUT2D eigenvalue weighted by atomic mass is 9.86. The Morgan fingerprint density at radius 1 is 1.06 bits per heavy atom. The highest BCUT2D eigenvalue weighted by molar-refractivity contribution is 6.31. The van der Waals surface area contributed by atoms with Crippen molar-refractivity contribution in [2.75, 3.05) is 20.8 Å². The normalized spacial score (nSPS) is 28.1. The molecule has 9 nitrogen and oxygen atoms in total. The quantitative estimate of drug-likeness (QED) is 0.308. The summed E-state index contributed by atoms with van der Waals surface area (Å²) in [6.07, 6.45) is -6.73. The second-order valence-electron chi connectivity index (χ2n) is 7.48. The minimum atomic E-state index is -3.04. The molecule has 1 fully saturated rings. The maximum Gasteiger partial charge on any atom is 0.224 e. The van der Waals surface area contributed by atoms with Gasteiger partial charge in [0.1, 0.15) is 24.4 Å². The fourth-order valence-corrected chi connectivity index (χ4v) is 4.04. The zero-order valence-corrected chi connectivity index (χ0v) is 18.2. The van der Waals surface area contributed by atoms with Gasteiger partial charge in [0, 0.05) is 28.8 Å². The van der Waals surface area contributed by atoms with Crippen LogP contribution in [0.1, 0.15) is 16.7 Å². The van der Waals surface area contributed by atoms with Crippen LogP contribution < -0.4 is 4.74 Å². The topological polar surface area (TPSA) is 149 Å². The van der Waals surface area contributed by atoms with Gasteiger partial charge >= 0.3 is 0 Å². The first kappa shape index (κ1) is 25.7. The molecule has 0 spiro atoms. The Labute approximate surface area is 192 Å². The molecule has 6 N–H and O–H groups in total. The summed E-state index contributed by atoms with van der Waals surface area (Å²) in [6.45, 7) is -0.745. The molecular formula is C21H23ClF2O9. The van der Waals surface area contributed by atoms with Crippen LogP contribution in [-0.2, 0) is 21.0 Å². The molecule has 0 aliphatic carbocycles. The van der Waals surface area contributed by atoms with Crippen LogP contribution in [0.3, 0.4) is 0 Å². The zero-order valence-electron chi connectivity index (χ0n) is 17.4. The molecule has 0 bridgehead atoms. The number of hydrogen-bond donors (Lipinski definition) is 6. The summed E-state index contributed by atoms with van der Waals surface area (Å²) in [5, 5.41) is 61.8. The number of halogens is 3. The van der Waals surface area contributed by atoms with Crippen LogP contribution in [0.25, 0.3) is 0 Å². The van der Waals surface area contributed by atoms with Crippen LogP contribution in [0, 0.1) is 11.6 Å². The smallest absolute Gasteiger partial charge is 0.224 e. The third-order valence-corrected chi connectivity index (χ3v) is 5.93. The SMILES string of the molecule is COc1c(F)cc(C(O)(O)c2cc(C3(OC)OC(CO)C(O)C(O)C3O)ccc2Cl)cc1F. The van der Waals surface area contributed by atoms with E-state index in [0.717, 1.165) is 20.3 Å². The van der Waals surface area contributed by atoms with Crippen molar-refractivity contribution >= 4 is 11.6 Å². The molecule has 0 amide bonds. The first-order chi connectivity index (χ1) is 15.4. The van der Waals surface area contributed by atoms with Gasteiger partial charge in [0.2, 0.25) is 11.6 Å². The molecule has 5 atom stereocenters. The average Bonchev–Trinajstić information content (AvgIpc) is 2.78. The van der Waals surface area contributed by atoms with Gasteiger partial charge in [0.15, 0.2) is 17.4 Å². The zero-order chi connectivity index (χ0) is 24.7. The lowest BCUT2D eigenvalue weighted by Gasteiger charge is -2.47. The Morgan fingerprint density at radius 3 is 2.18 bits per heavy atom. The lowest BCUT2D eigenvalue weighted by molar-refractivity contribution is -0.366. The number of aliphatic hydroxyl groups excluding tert-OH is 4. The van der Waals surface area contributed by atoms with Gasteiger partial charge in [-0.2, -0.15) is 0 Å². The second-order valence-corrected chi connectivity index (χ2v) is 7.88. The van der Waals surface area contributed by atoms with Gasteiger partial charge in [0.25, 0.3) is 0 Å². The fourth-order valence-electron chi connectivity index (χ4n) is 3.79. The average molecular weight is 493 g/mol. The van der Waals surface area contributed by atoms with Gasteiger partial charge in [-0.15, -0.1) is 0 Å². The van der Waals surface area contributed by atoms with Crippen LogP contribution in [0.15, 0.2) is 30.3 Å². The van der Waals surface area contributed by atoms with Gasteiger partial charge in [0.05, 0.1) is 13.7 Å². The van der Waals surface area contributed by atoms with Crippen molar-refractivity contribution in [1.29, 1.82) is 0 Å². The molecule has 0 radical (unpaired) electrons. The molecular weight excluding hydrogens is 470 g/mol. The van der Waals surface area contributed by atoms with E-state index in [1.807, 2.05) is 0 Å². The van der Waals surface area contributed by atoms with Crippen LogP contribution >= 0.6 is 11.6 Å². The Bertz CT molecular complexity index is 996. The van der Waals surface area contributed by atoms with Crippen LogP contribution in [0.4, 0.5) is 8.78 Å². The maximum absolute atomic E-state index is 14.2. The number of ether oxygens (including phenoxy) is 3. The fraction of sp³-hybridized carbons (Fsp3) is 0.429. The highest BCUT2D eigenvalue weighted by atomic mass is 35.5. The molecule has 5 unspecified atom stereocenters. The van der Waals surface area contributed by atoms with Gasteiger partial charge in [-0.05, 0) is 24.3 Å². The number of benzene rings is 2. The Hall–Kier alpha value is -1.93. The predicted molar refractivity (Wildman–Crippen MR) is 108 cm³/mol. The third kappa shape index (κ3) is 4.20. The van der Waals surface area contributed by atoms with Gasteiger partial charge in [-0.1, -0.05) is 17.7 Å². The van der Waals surface area contributed by atoms with E-state index >= 15 is 0 Å². The standard InChI is InChI=1S/C21H23ClF2O9/c1-31-18-13(23)6-10(7-14(18)24)20(29,30)11-5-9(3-4-12(11)22)21(32-2)19(28)17(27)16(26)15(8-25)33-21/h3-7,15-17,19,25-30H,8H2,1-2H3. The molecule has 0 aromatic heterocycles. The van der Waals surface area contributed by atoms with Crippen LogP contribution in [-0.4, -0.2) is 75.9 Å². The summed E-state index contributed by atoms with van der Waals surface area (Å²) in [5.74, 6) is -8.35. The van der Waals surface area contributed by atoms with E-state index in [9.17, 15) is 39.4 Å². The summed E-state index contributed by atoms with van der Waals surface area (Å²) in [6, 6.07) is 4.75. The molecule has 2 aromatic rings. The second kappa shape index (κ2) is 9.37. The predicted octanol–water partition coefficient (Wildman–Crippen LogP) is 0.0855. The number of aliphatic hydroxyl groups is 6. The van der Waals surface area contributed by atoms with E-state index in [0.29, 0.717) is 12.1 Å².